The minimum Gasteiger partial charge on any atom is -0.361 e. The van der Waals surface area contributed by atoms with Crippen molar-refractivity contribution in [2.24, 2.45) is 0 Å². The SMILES string of the molecule is C=CC(=O)N1CCn2nc(-c3ccc4c(C)c[nH]c4c3)c(-c3ccncc3)c2C1. The number of aromatic nitrogens is 4. The molecular formula is C23H21N5O. The summed E-state index contributed by atoms with van der Waals surface area (Å²) in [5.41, 5.74) is 7.43. The molecule has 4 heterocycles. The molecular weight excluding hydrogens is 362 g/mol. The van der Waals surface area contributed by atoms with Crippen LogP contribution in [0.5, 0.6) is 0 Å². The highest BCUT2D eigenvalue weighted by atomic mass is 16.2. The molecule has 1 aromatic carbocycles. The molecule has 6 heteroatoms. The van der Waals surface area contributed by atoms with Crippen molar-refractivity contribution in [2.45, 2.75) is 20.0 Å². The summed E-state index contributed by atoms with van der Waals surface area (Å²) in [7, 11) is 0. The van der Waals surface area contributed by atoms with Gasteiger partial charge in [0.1, 0.15) is 5.69 Å². The summed E-state index contributed by atoms with van der Waals surface area (Å²) in [5, 5.41) is 6.16. The lowest BCUT2D eigenvalue weighted by molar-refractivity contribution is -0.127. The van der Waals surface area contributed by atoms with Gasteiger partial charge >= 0.3 is 0 Å². The van der Waals surface area contributed by atoms with Crippen molar-refractivity contribution >= 4 is 16.8 Å². The second kappa shape index (κ2) is 6.74. The number of H-pyrrole nitrogens is 1. The van der Waals surface area contributed by atoms with Crippen LogP contribution in [0.1, 0.15) is 11.3 Å². The molecule has 1 aliphatic rings. The average Bonchev–Trinajstić information content (AvgIpc) is 3.33. The van der Waals surface area contributed by atoms with E-state index in [2.05, 4.69) is 41.7 Å². The second-order valence-electron chi connectivity index (χ2n) is 7.33. The largest absolute Gasteiger partial charge is 0.361 e. The van der Waals surface area contributed by atoms with Crippen molar-refractivity contribution in [3.05, 3.63) is 72.8 Å². The van der Waals surface area contributed by atoms with Crippen LogP contribution < -0.4 is 0 Å². The molecule has 1 aliphatic heterocycles. The molecule has 6 nitrogen and oxygen atoms in total. The van der Waals surface area contributed by atoms with Gasteiger partial charge in [0.2, 0.25) is 5.91 Å². The number of benzene rings is 1. The van der Waals surface area contributed by atoms with E-state index in [9.17, 15) is 4.79 Å². The number of amides is 1. The van der Waals surface area contributed by atoms with E-state index in [0.29, 0.717) is 19.6 Å². The third-order valence-corrected chi connectivity index (χ3v) is 5.60. The number of aromatic amines is 1. The molecule has 0 spiro atoms. The maximum Gasteiger partial charge on any atom is 0.246 e. The first kappa shape index (κ1) is 17.4. The van der Waals surface area contributed by atoms with Gasteiger partial charge in [-0.3, -0.25) is 14.5 Å². The van der Waals surface area contributed by atoms with Crippen LogP contribution in [0.2, 0.25) is 0 Å². The highest BCUT2D eigenvalue weighted by molar-refractivity contribution is 5.91. The Labute approximate surface area is 168 Å². The quantitative estimate of drug-likeness (QED) is 0.545. The summed E-state index contributed by atoms with van der Waals surface area (Å²) in [6.07, 6.45) is 6.97. The maximum atomic E-state index is 12.2. The fourth-order valence-corrected chi connectivity index (χ4v) is 4.08. The Bertz CT molecular complexity index is 1240. The van der Waals surface area contributed by atoms with E-state index in [0.717, 1.165) is 33.6 Å². The molecule has 0 aliphatic carbocycles. The Morgan fingerprint density at radius 1 is 1.17 bits per heavy atom. The summed E-state index contributed by atoms with van der Waals surface area (Å²) in [6, 6.07) is 10.4. The number of rotatable bonds is 3. The van der Waals surface area contributed by atoms with Crippen LogP contribution in [0.3, 0.4) is 0 Å². The predicted octanol–water partition coefficient (Wildman–Crippen LogP) is 3.93. The molecule has 1 N–H and O–H groups in total. The molecule has 3 aromatic heterocycles. The maximum absolute atomic E-state index is 12.2. The summed E-state index contributed by atoms with van der Waals surface area (Å²) >= 11 is 0. The van der Waals surface area contributed by atoms with Crippen molar-refractivity contribution in [1.82, 2.24) is 24.6 Å². The Kier molecular flexibility index (Phi) is 4.05. The topological polar surface area (TPSA) is 66.8 Å². The zero-order chi connectivity index (χ0) is 20.0. The summed E-state index contributed by atoms with van der Waals surface area (Å²) < 4.78 is 2.03. The number of pyridine rings is 1. The monoisotopic (exact) mass is 383 g/mol. The average molecular weight is 383 g/mol. The van der Waals surface area contributed by atoms with E-state index in [1.807, 2.05) is 27.9 Å². The predicted molar refractivity (Wildman–Crippen MR) is 113 cm³/mol. The lowest BCUT2D eigenvalue weighted by atomic mass is 9.98. The van der Waals surface area contributed by atoms with Gasteiger partial charge in [-0.15, -0.1) is 0 Å². The standard InChI is InChI=1S/C23H21N5O/c1-3-21(29)27-10-11-28-20(14-27)22(16-6-8-24-9-7-16)23(26-28)17-4-5-18-15(2)13-25-19(18)12-17/h3-9,12-13,25H,1,10-11,14H2,2H3. The summed E-state index contributed by atoms with van der Waals surface area (Å²) in [5.74, 6) is -0.0528. The molecule has 0 atom stereocenters. The molecule has 1 amide bonds. The zero-order valence-electron chi connectivity index (χ0n) is 16.2. The molecule has 0 saturated heterocycles. The summed E-state index contributed by atoms with van der Waals surface area (Å²) in [4.78, 5) is 21.5. The molecule has 0 saturated carbocycles. The van der Waals surface area contributed by atoms with Gasteiger partial charge in [-0.05, 0) is 42.3 Å². The molecule has 29 heavy (non-hydrogen) atoms. The summed E-state index contributed by atoms with van der Waals surface area (Å²) in [6.45, 7) is 7.53. The van der Waals surface area contributed by atoms with Crippen molar-refractivity contribution in [3.63, 3.8) is 0 Å². The van der Waals surface area contributed by atoms with Gasteiger partial charge in [-0.2, -0.15) is 5.10 Å². The van der Waals surface area contributed by atoms with Crippen molar-refractivity contribution in [1.29, 1.82) is 0 Å². The van der Waals surface area contributed by atoms with Crippen LogP contribution in [0, 0.1) is 6.92 Å². The van der Waals surface area contributed by atoms with Crippen LogP contribution in [-0.2, 0) is 17.9 Å². The number of aryl methyl sites for hydroxylation is 1. The van der Waals surface area contributed by atoms with Gasteiger partial charge in [-0.1, -0.05) is 18.7 Å². The number of carbonyl (C=O) groups is 1. The van der Waals surface area contributed by atoms with Crippen molar-refractivity contribution < 1.29 is 4.79 Å². The Morgan fingerprint density at radius 3 is 2.79 bits per heavy atom. The molecule has 4 aromatic rings. The fourth-order valence-electron chi connectivity index (χ4n) is 4.08. The number of hydrogen-bond acceptors (Lipinski definition) is 3. The highest BCUT2D eigenvalue weighted by Gasteiger charge is 2.27. The second-order valence-corrected chi connectivity index (χ2v) is 7.33. The van der Waals surface area contributed by atoms with Gasteiger partial charge in [0.05, 0.1) is 18.8 Å². The van der Waals surface area contributed by atoms with Crippen LogP contribution in [0.15, 0.2) is 61.6 Å². The van der Waals surface area contributed by atoms with Crippen LogP contribution in [-0.4, -0.2) is 37.1 Å². The Balaban J connectivity index is 1.70. The van der Waals surface area contributed by atoms with E-state index in [1.165, 1.54) is 17.0 Å². The fraction of sp³-hybridized carbons (Fsp3) is 0.174. The van der Waals surface area contributed by atoms with E-state index in [-0.39, 0.29) is 5.91 Å². The van der Waals surface area contributed by atoms with Gasteiger partial charge in [0.15, 0.2) is 0 Å². The molecule has 0 radical (unpaired) electrons. The zero-order valence-corrected chi connectivity index (χ0v) is 16.2. The van der Waals surface area contributed by atoms with Crippen LogP contribution >= 0.6 is 0 Å². The molecule has 5 rings (SSSR count). The van der Waals surface area contributed by atoms with E-state index < -0.39 is 0 Å². The first-order valence-electron chi connectivity index (χ1n) is 9.65. The van der Waals surface area contributed by atoms with Crippen LogP contribution in [0.25, 0.3) is 33.3 Å². The molecule has 0 unspecified atom stereocenters. The van der Waals surface area contributed by atoms with E-state index in [1.54, 1.807) is 12.4 Å². The first-order chi connectivity index (χ1) is 14.2. The van der Waals surface area contributed by atoms with E-state index in [4.69, 9.17) is 5.10 Å². The van der Waals surface area contributed by atoms with E-state index >= 15 is 0 Å². The molecule has 0 fully saturated rings. The third kappa shape index (κ3) is 2.84. The van der Waals surface area contributed by atoms with Crippen LogP contribution in [0.4, 0.5) is 0 Å². The Hall–Kier alpha value is -3.67. The van der Waals surface area contributed by atoms with Gasteiger partial charge in [0, 0.05) is 47.2 Å². The number of carbonyl (C=O) groups excluding carboxylic acids is 1. The van der Waals surface area contributed by atoms with Crippen molar-refractivity contribution in [2.75, 3.05) is 6.54 Å². The van der Waals surface area contributed by atoms with Crippen molar-refractivity contribution in [3.8, 4) is 22.4 Å². The first-order valence-corrected chi connectivity index (χ1v) is 9.65. The van der Waals surface area contributed by atoms with Gasteiger partial charge < -0.3 is 9.88 Å². The third-order valence-electron chi connectivity index (χ3n) is 5.60. The minimum atomic E-state index is -0.0528. The smallest absolute Gasteiger partial charge is 0.246 e. The minimum absolute atomic E-state index is 0.0528. The Morgan fingerprint density at radius 2 is 2.00 bits per heavy atom. The highest BCUT2D eigenvalue weighted by Crippen LogP contribution is 2.37. The molecule has 144 valence electrons. The lowest BCUT2D eigenvalue weighted by Gasteiger charge is -2.27. The number of hydrogen-bond donors (Lipinski definition) is 1. The lowest BCUT2D eigenvalue weighted by Crippen LogP contribution is -2.37. The van der Waals surface area contributed by atoms with Gasteiger partial charge in [0.25, 0.3) is 0 Å². The number of fused-ring (bicyclic) bond motifs is 2. The van der Waals surface area contributed by atoms with Gasteiger partial charge in [-0.25, -0.2) is 0 Å². The normalized spacial score (nSPS) is 13.5. The number of nitrogens with one attached hydrogen (secondary N) is 1. The molecule has 0 bridgehead atoms. The number of nitrogens with zero attached hydrogens (tertiary/aromatic N) is 4.